The molecule has 0 saturated carbocycles. The van der Waals surface area contributed by atoms with Crippen LogP contribution in [0.5, 0.6) is 0 Å². The average Bonchev–Trinajstić information content (AvgIpc) is 2.98. The van der Waals surface area contributed by atoms with Crippen LogP contribution in [0.4, 0.5) is 5.88 Å². The first-order valence-electron chi connectivity index (χ1n) is 8.49. The van der Waals surface area contributed by atoms with E-state index in [2.05, 4.69) is 22.0 Å². The van der Waals surface area contributed by atoms with Gasteiger partial charge in [-0.1, -0.05) is 51.1 Å². The number of benzene rings is 1. The van der Waals surface area contributed by atoms with E-state index >= 15 is 0 Å². The zero-order valence-electron chi connectivity index (χ0n) is 14.7. The number of rotatable bonds is 4. The minimum atomic E-state index is -0.734. The highest BCUT2D eigenvalue weighted by molar-refractivity contribution is 5.44. The van der Waals surface area contributed by atoms with Gasteiger partial charge < -0.3 is 19.2 Å². The number of aliphatic hydroxyl groups is 1. The SMILES string of the molecule is CC(C)(C)[C@H](O)c1nc(Cc2ccccc2)c(N2CCOCC2)o1. The topological polar surface area (TPSA) is 58.7 Å². The maximum absolute atomic E-state index is 10.6. The van der Waals surface area contributed by atoms with Crippen LogP contribution in [0.25, 0.3) is 0 Å². The Morgan fingerprint density at radius 1 is 1.17 bits per heavy atom. The van der Waals surface area contributed by atoms with Crippen molar-refractivity contribution in [2.24, 2.45) is 5.41 Å². The second-order valence-corrected chi connectivity index (χ2v) is 7.33. The van der Waals surface area contributed by atoms with Crippen LogP contribution >= 0.6 is 0 Å². The quantitative estimate of drug-likeness (QED) is 0.933. The summed E-state index contributed by atoms with van der Waals surface area (Å²) in [5.74, 6) is 1.16. The number of hydrogen-bond donors (Lipinski definition) is 1. The summed E-state index contributed by atoms with van der Waals surface area (Å²) in [7, 11) is 0. The lowest BCUT2D eigenvalue weighted by Crippen LogP contribution is -2.36. The van der Waals surface area contributed by atoms with Crippen LogP contribution in [-0.2, 0) is 11.2 Å². The first kappa shape index (κ1) is 17.0. The Balaban J connectivity index is 1.93. The van der Waals surface area contributed by atoms with Gasteiger partial charge in [0.05, 0.1) is 13.2 Å². The number of nitrogens with zero attached hydrogens (tertiary/aromatic N) is 2. The number of anilines is 1. The highest BCUT2D eigenvalue weighted by atomic mass is 16.5. The molecule has 1 fully saturated rings. The molecule has 0 bridgehead atoms. The minimum absolute atomic E-state index is 0.322. The van der Waals surface area contributed by atoms with Crippen LogP contribution in [0.1, 0.15) is 44.0 Å². The zero-order valence-corrected chi connectivity index (χ0v) is 14.7. The third-order valence-corrected chi connectivity index (χ3v) is 4.26. The summed E-state index contributed by atoms with van der Waals surface area (Å²) in [5.41, 5.74) is 1.73. The van der Waals surface area contributed by atoms with Crippen molar-refractivity contribution < 1.29 is 14.3 Å². The molecule has 3 rings (SSSR count). The highest BCUT2D eigenvalue weighted by Gasteiger charge is 2.31. The second-order valence-electron chi connectivity index (χ2n) is 7.33. The van der Waals surface area contributed by atoms with Crippen LogP contribution in [0.2, 0.25) is 0 Å². The molecular formula is C19H26N2O3. The predicted octanol–water partition coefficient (Wildman–Crippen LogP) is 3.18. The van der Waals surface area contributed by atoms with E-state index in [0.717, 1.165) is 24.7 Å². The van der Waals surface area contributed by atoms with Crippen molar-refractivity contribution in [1.82, 2.24) is 4.98 Å². The van der Waals surface area contributed by atoms with E-state index in [1.54, 1.807) is 0 Å². The van der Waals surface area contributed by atoms with Gasteiger partial charge in [0.2, 0.25) is 11.8 Å². The van der Waals surface area contributed by atoms with Crippen LogP contribution in [0.15, 0.2) is 34.7 Å². The lowest BCUT2D eigenvalue weighted by atomic mass is 9.89. The molecule has 0 radical (unpaired) electrons. The van der Waals surface area contributed by atoms with Crippen molar-refractivity contribution in [3.05, 3.63) is 47.5 Å². The molecule has 5 heteroatoms. The molecule has 0 unspecified atom stereocenters. The van der Waals surface area contributed by atoms with E-state index in [1.807, 2.05) is 39.0 Å². The Morgan fingerprint density at radius 2 is 1.83 bits per heavy atom. The summed E-state index contributed by atoms with van der Waals surface area (Å²) in [4.78, 5) is 6.81. The molecule has 1 aromatic heterocycles. The van der Waals surface area contributed by atoms with E-state index in [0.29, 0.717) is 25.5 Å². The number of ether oxygens (including phenoxy) is 1. The molecule has 0 amide bonds. The molecule has 1 aliphatic rings. The van der Waals surface area contributed by atoms with Gasteiger partial charge in [-0.25, -0.2) is 4.98 Å². The fourth-order valence-corrected chi connectivity index (χ4v) is 2.77. The van der Waals surface area contributed by atoms with Gasteiger partial charge in [-0.05, 0) is 11.0 Å². The molecule has 2 aromatic rings. The number of oxazole rings is 1. The minimum Gasteiger partial charge on any atom is -0.422 e. The molecule has 0 spiro atoms. The molecule has 5 nitrogen and oxygen atoms in total. The molecule has 0 aliphatic carbocycles. The van der Waals surface area contributed by atoms with E-state index in [4.69, 9.17) is 9.15 Å². The molecule has 130 valence electrons. The molecule has 1 saturated heterocycles. The molecule has 1 atom stereocenters. The van der Waals surface area contributed by atoms with Gasteiger partial charge >= 0.3 is 0 Å². The first-order chi connectivity index (χ1) is 11.4. The third kappa shape index (κ3) is 3.79. The number of hydrogen-bond acceptors (Lipinski definition) is 5. The molecule has 1 aromatic carbocycles. The van der Waals surface area contributed by atoms with Crippen LogP contribution in [0, 0.1) is 5.41 Å². The lowest BCUT2D eigenvalue weighted by molar-refractivity contribution is 0.0388. The van der Waals surface area contributed by atoms with Crippen LogP contribution in [-0.4, -0.2) is 36.4 Å². The third-order valence-electron chi connectivity index (χ3n) is 4.26. The molecule has 24 heavy (non-hydrogen) atoms. The highest BCUT2D eigenvalue weighted by Crippen LogP contribution is 2.36. The van der Waals surface area contributed by atoms with Crippen LogP contribution < -0.4 is 4.90 Å². The molecule has 1 N–H and O–H groups in total. The number of morpholine rings is 1. The maximum atomic E-state index is 10.6. The van der Waals surface area contributed by atoms with E-state index in [1.165, 1.54) is 5.56 Å². The van der Waals surface area contributed by atoms with Crippen molar-refractivity contribution in [3.8, 4) is 0 Å². The van der Waals surface area contributed by atoms with E-state index in [9.17, 15) is 5.11 Å². The van der Waals surface area contributed by atoms with Crippen molar-refractivity contribution in [1.29, 1.82) is 0 Å². The van der Waals surface area contributed by atoms with Crippen molar-refractivity contribution in [2.45, 2.75) is 33.3 Å². The lowest BCUT2D eigenvalue weighted by Gasteiger charge is -2.27. The Hall–Kier alpha value is -1.85. The first-order valence-corrected chi connectivity index (χ1v) is 8.49. The molecular weight excluding hydrogens is 304 g/mol. The fraction of sp³-hybridized carbons (Fsp3) is 0.526. The van der Waals surface area contributed by atoms with Gasteiger partial charge in [-0.2, -0.15) is 0 Å². The summed E-state index contributed by atoms with van der Waals surface area (Å²) in [5, 5.41) is 10.6. The maximum Gasteiger partial charge on any atom is 0.226 e. The Labute approximate surface area is 143 Å². The molecule has 2 heterocycles. The van der Waals surface area contributed by atoms with Crippen molar-refractivity contribution in [3.63, 3.8) is 0 Å². The molecule has 1 aliphatic heterocycles. The summed E-state index contributed by atoms with van der Waals surface area (Å²) < 4.78 is 11.5. The van der Waals surface area contributed by atoms with Gasteiger partial charge in [0, 0.05) is 19.5 Å². The second kappa shape index (κ2) is 6.95. The van der Waals surface area contributed by atoms with E-state index in [-0.39, 0.29) is 5.41 Å². The standard InChI is InChI=1S/C19H26N2O3/c1-19(2,3)16(22)17-20-15(13-14-7-5-4-6-8-14)18(24-17)21-9-11-23-12-10-21/h4-8,16,22H,9-13H2,1-3H3/t16-/m1/s1. The number of aliphatic hydroxyl groups excluding tert-OH is 1. The average molecular weight is 330 g/mol. The van der Waals surface area contributed by atoms with Crippen molar-refractivity contribution >= 4 is 5.88 Å². The Bertz CT molecular complexity index is 655. The smallest absolute Gasteiger partial charge is 0.226 e. The summed E-state index contributed by atoms with van der Waals surface area (Å²) in [6, 6.07) is 10.2. The Kier molecular flexibility index (Phi) is 4.92. The van der Waals surface area contributed by atoms with Crippen LogP contribution in [0.3, 0.4) is 0 Å². The van der Waals surface area contributed by atoms with E-state index < -0.39 is 6.10 Å². The Morgan fingerprint density at radius 3 is 2.46 bits per heavy atom. The van der Waals surface area contributed by atoms with Gasteiger partial charge in [-0.3, -0.25) is 0 Å². The summed E-state index contributed by atoms with van der Waals surface area (Å²) in [6.45, 7) is 8.86. The van der Waals surface area contributed by atoms with Gasteiger partial charge in [-0.15, -0.1) is 0 Å². The van der Waals surface area contributed by atoms with Gasteiger partial charge in [0.15, 0.2) is 0 Å². The zero-order chi connectivity index (χ0) is 17.2. The monoisotopic (exact) mass is 330 g/mol. The van der Waals surface area contributed by atoms with Crippen molar-refractivity contribution in [2.75, 3.05) is 31.2 Å². The largest absolute Gasteiger partial charge is 0.422 e. The van der Waals surface area contributed by atoms with Gasteiger partial charge in [0.25, 0.3) is 0 Å². The normalized spacial score (nSPS) is 17.1. The summed E-state index contributed by atoms with van der Waals surface area (Å²) in [6.07, 6.45) is -0.0460. The summed E-state index contributed by atoms with van der Waals surface area (Å²) >= 11 is 0. The number of aromatic nitrogens is 1. The predicted molar refractivity (Wildman–Crippen MR) is 93.2 cm³/mol. The van der Waals surface area contributed by atoms with Gasteiger partial charge in [0.1, 0.15) is 11.8 Å². The fourth-order valence-electron chi connectivity index (χ4n) is 2.77.